The number of ketones is 1. The summed E-state index contributed by atoms with van der Waals surface area (Å²) in [6, 6.07) is 7.45. The van der Waals surface area contributed by atoms with E-state index in [2.05, 4.69) is 0 Å². The Hall–Kier alpha value is -1.82. The van der Waals surface area contributed by atoms with Crippen molar-refractivity contribution in [3.05, 3.63) is 29.3 Å². The number of Topliss-reactive ketones (excluding diaryl/α,β-unsaturated/α-hetero) is 1. The van der Waals surface area contributed by atoms with Gasteiger partial charge in [-0.3, -0.25) is 4.79 Å². The Morgan fingerprint density at radius 2 is 2.25 bits per heavy atom. The monoisotopic (exact) mass is 217 g/mol. The first-order valence-electron chi connectivity index (χ1n) is 5.23. The Kier molecular flexibility index (Phi) is 4.07. The summed E-state index contributed by atoms with van der Waals surface area (Å²) < 4.78 is 5.35. The molecule has 0 fully saturated rings. The van der Waals surface area contributed by atoms with Crippen LogP contribution in [0.2, 0.25) is 0 Å². The minimum atomic E-state index is -0.671. The van der Waals surface area contributed by atoms with Gasteiger partial charge in [-0.25, -0.2) is 0 Å². The van der Waals surface area contributed by atoms with Crippen LogP contribution in [-0.4, -0.2) is 12.4 Å². The number of carbonyl (C=O) groups is 1. The number of nitriles is 1. The Labute approximate surface area is 95.7 Å². The predicted molar refractivity (Wildman–Crippen MR) is 61.4 cm³/mol. The molecule has 0 N–H and O–H groups in total. The summed E-state index contributed by atoms with van der Waals surface area (Å²) in [5.41, 5.74) is 1.67. The van der Waals surface area contributed by atoms with Crippen molar-refractivity contribution in [3.8, 4) is 11.8 Å². The lowest BCUT2D eigenvalue weighted by Gasteiger charge is -2.11. The molecule has 0 aromatic heterocycles. The average molecular weight is 217 g/mol. The number of benzene rings is 1. The molecule has 1 aromatic rings. The number of rotatable bonds is 4. The molecule has 0 aliphatic heterocycles. The first-order chi connectivity index (χ1) is 7.60. The van der Waals surface area contributed by atoms with Gasteiger partial charge in [-0.15, -0.1) is 0 Å². The van der Waals surface area contributed by atoms with E-state index in [-0.39, 0.29) is 5.78 Å². The van der Waals surface area contributed by atoms with Gasteiger partial charge in [0.1, 0.15) is 11.7 Å². The quantitative estimate of drug-likeness (QED) is 0.778. The molecule has 1 unspecified atom stereocenters. The topological polar surface area (TPSA) is 50.1 Å². The largest absolute Gasteiger partial charge is 0.494 e. The summed E-state index contributed by atoms with van der Waals surface area (Å²) in [4.78, 5) is 11.3. The fourth-order valence-corrected chi connectivity index (χ4v) is 1.61. The van der Waals surface area contributed by atoms with E-state index in [9.17, 15) is 4.79 Å². The highest BCUT2D eigenvalue weighted by Crippen LogP contribution is 2.24. The smallest absolute Gasteiger partial charge is 0.151 e. The van der Waals surface area contributed by atoms with Crippen molar-refractivity contribution >= 4 is 5.78 Å². The first kappa shape index (κ1) is 12.3. The van der Waals surface area contributed by atoms with Gasteiger partial charge >= 0.3 is 0 Å². The van der Waals surface area contributed by atoms with Gasteiger partial charge in [-0.05, 0) is 44.0 Å². The zero-order chi connectivity index (χ0) is 12.1. The molecule has 0 spiro atoms. The molecule has 3 nitrogen and oxygen atoms in total. The maximum absolute atomic E-state index is 11.3. The van der Waals surface area contributed by atoms with Crippen molar-refractivity contribution < 1.29 is 9.53 Å². The summed E-state index contributed by atoms with van der Waals surface area (Å²) in [6.45, 7) is 5.83. The first-order valence-corrected chi connectivity index (χ1v) is 5.23. The second-order valence-electron chi connectivity index (χ2n) is 3.62. The average Bonchev–Trinajstić information content (AvgIpc) is 2.22. The molecule has 0 amide bonds. The molecule has 84 valence electrons. The van der Waals surface area contributed by atoms with Crippen LogP contribution in [0.3, 0.4) is 0 Å². The van der Waals surface area contributed by atoms with Gasteiger partial charge in [0.05, 0.1) is 12.7 Å². The molecule has 1 atom stereocenters. The second kappa shape index (κ2) is 5.32. The predicted octanol–water partition coefficient (Wildman–Crippen LogP) is 2.59. The Morgan fingerprint density at radius 3 is 2.69 bits per heavy atom. The van der Waals surface area contributed by atoms with Crippen LogP contribution in [0.4, 0.5) is 0 Å². The van der Waals surface area contributed by atoms with Crippen molar-refractivity contribution in [2.75, 3.05) is 6.61 Å². The van der Waals surface area contributed by atoms with Crippen molar-refractivity contribution in [3.63, 3.8) is 0 Å². The Morgan fingerprint density at radius 1 is 1.56 bits per heavy atom. The van der Waals surface area contributed by atoms with Gasteiger partial charge < -0.3 is 4.74 Å². The van der Waals surface area contributed by atoms with Crippen LogP contribution in [0.15, 0.2) is 18.2 Å². The van der Waals surface area contributed by atoms with E-state index in [1.807, 2.05) is 26.0 Å². The second-order valence-corrected chi connectivity index (χ2v) is 3.62. The van der Waals surface area contributed by atoms with Gasteiger partial charge in [0.25, 0.3) is 0 Å². The summed E-state index contributed by atoms with van der Waals surface area (Å²) >= 11 is 0. The third-order valence-electron chi connectivity index (χ3n) is 2.40. The molecule has 0 bridgehead atoms. The molecule has 0 saturated carbocycles. The van der Waals surface area contributed by atoms with Crippen LogP contribution in [0, 0.1) is 18.3 Å². The lowest BCUT2D eigenvalue weighted by atomic mass is 9.93. The van der Waals surface area contributed by atoms with Crippen molar-refractivity contribution in [1.82, 2.24) is 0 Å². The molecule has 0 heterocycles. The number of aryl methyl sites for hydroxylation is 1. The van der Waals surface area contributed by atoms with Crippen LogP contribution >= 0.6 is 0 Å². The number of ether oxygens (including phenoxy) is 1. The molecule has 1 rings (SSSR count). The highest BCUT2D eigenvalue weighted by Gasteiger charge is 2.18. The van der Waals surface area contributed by atoms with Gasteiger partial charge in [-0.2, -0.15) is 5.26 Å². The van der Waals surface area contributed by atoms with Crippen molar-refractivity contribution in [2.45, 2.75) is 26.7 Å². The molecule has 0 aliphatic rings. The van der Waals surface area contributed by atoms with Gasteiger partial charge in [0.2, 0.25) is 0 Å². The molecule has 0 aliphatic carbocycles. The lowest BCUT2D eigenvalue weighted by molar-refractivity contribution is -0.117. The summed E-state index contributed by atoms with van der Waals surface area (Å²) in [5, 5.41) is 8.94. The minimum Gasteiger partial charge on any atom is -0.494 e. The standard InChI is InChI=1S/C13H15NO2/c1-4-16-11-5-6-12(9(2)7-11)13(8-14)10(3)15/h5-7,13H,4H2,1-3H3. The summed E-state index contributed by atoms with van der Waals surface area (Å²) in [6.07, 6.45) is 0. The zero-order valence-electron chi connectivity index (χ0n) is 9.78. The van der Waals surface area contributed by atoms with E-state index in [0.29, 0.717) is 6.61 Å². The van der Waals surface area contributed by atoms with Crippen LogP contribution < -0.4 is 4.74 Å². The number of nitrogens with zero attached hydrogens (tertiary/aromatic N) is 1. The van der Waals surface area contributed by atoms with E-state index in [1.54, 1.807) is 12.1 Å². The number of hydrogen-bond donors (Lipinski definition) is 0. The molecule has 0 radical (unpaired) electrons. The number of carbonyl (C=O) groups excluding carboxylic acids is 1. The molecular formula is C13H15NO2. The van der Waals surface area contributed by atoms with Gasteiger partial charge in [0, 0.05) is 0 Å². The zero-order valence-corrected chi connectivity index (χ0v) is 9.78. The van der Waals surface area contributed by atoms with Crippen LogP contribution in [0.5, 0.6) is 5.75 Å². The van der Waals surface area contributed by atoms with Crippen molar-refractivity contribution in [2.24, 2.45) is 0 Å². The van der Waals surface area contributed by atoms with E-state index < -0.39 is 5.92 Å². The minimum absolute atomic E-state index is 0.130. The van der Waals surface area contributed by atoms with E-state index in [1.165, 1.54) is 6.92 Å². The number of hydrogen-bond acceptors (Lipinski definition) is 3. The highest BCUT2D eigenvalue weighted by molar-refractivity contribution is 5.86. The Bertz CT molecular complexity index is 432. The molecule has 16 heavy (non-hydrogen) atoms. The van der Waals surface area contributed by atoms with E-state index in [4.69, 9.17) is 10.00 Å². The van der Waals surface area contributed by atoms with Gasteiger partial charge in [0.15, 0.2) is 5.78 Å². The normalized spacial score (nSPS) is 11.6. The summed E-state index contributed by atoms with van der Waals surface area (Å²) in [7, 11) is 0. The van der Waals surface area contributed by atoms with Crippen LogP contribution in [0.25, 0.3) is 0 Å². The molecule has 1 aromatic carbocycles. The molecular weight excluding hydrogens is 202 g/mol. The highest BCUT2D eigenvalue weighted by atomic mass is 16.5. The van der Waals surface area contributed by atoms with E-state index >= 15 is 0 Å². The Balaban J connectivity index is 3.07. The van der Waals surface area contributed by atoms with Crippen LogP contribution in [0.1, 0.15) is 30.9 Å². The van der Waals surface area contributed by atoms with Gasteiger partial charge in [-0.1, -0.05) is 6.07 Å². The molecule has 0 saturated heterocycles. The van der Waals surface area contributed by atoms with Crippen molar-refractivity contribution in [1.29, 1.82) is 5.26 Å². The lowest BCUT2D eigenvalue weighted by Crippen LogP contribution is -2.08. The van der Waals surface area contributed by atoms with E-state index in [0.717, 1.165) is 16.9 Å². The fraction of sp³-hybridized carbons (Fsp3) is 0.385. The maximum atomic E-state index is 11.3. The van der Waals surface area contributed by atoms with Crippen LogP contribution in [-0.2, 0) is 4.79 Å². The third-order valence-corrected chi connectivity index (χ3v) is 2.40. The maximum Gasteiger partial charge on any atom is 0.151 e. The molecule has 3 heteroatoms. The third kappa shape index (κ3) is 2.60. The fourth-order valence-electron chi connectivity index (χ4n) is 1.61. The SMILES string of the molecule is CCOc1ccc(C(C#N)C(C)=O)c(C)c1. The summed E-state index contributed by atoms with van der Waals surface area (Å²) in [5.74, 6) is -0.0329.